The predicted molar refractivity (Wildman–Crippen MR) is 81.8 cm³/mol. The summed E-state index contributed by atoms with van der Waals surface area (Å²) in [5, 5.41) is 10.6. The van der Waals surface area contributed by atoms with Gasteiger partial charge >= 0.3 is 0 Å². The van der Waals surface area contributed by atoms with Crippen LogP contribution in [-0.2, 0) is 19.2 Å². The van der Waals surface area contributed by atoms with Crippen molar-refractivity contribution in [3.05, 3.63) is 12.3 Å². The normalized spacial score (nSPS) is 9.45. The Kier molecular flexibility index (Phi) is 12.1. The van der Waals surface area contributed by atoms with Gasteiger partial charge in [-0.3, -0.25) is 14.4 Å². The quantitative estimate of drug-likeness (QED) is 0.238. The van der Waals surface area contributed by atoms with Gasteiger partial charge < -0.3 is 26.1 Å². The first kappa shape index (κ1) is 19.6. The number of hydrogen-bond donors (Lipinski definition) is 4. The Hall–Kier alpha value is -2.38. The molecule has 0 aromatic rings. The molecule has 0 unspecified atom stereocenters. The molecule has 0 saturated carbocycles. The van der Waals surface area contributed by atoms with Crippen molar-refractivity contribution in [3.8, 4) is 0 Å². The van der Waals surface area contributed by atoms with Gasteiger partial charge in [0, 0.05) is 31.6 Å². The largest absolute Gasteiger partial charge is 0.387 e. The molecule has 0 aliphatic heterocycles. The number of aldehydes is 1. The number of rotatable bonds is 14. The fraction of sp³-hybridized carbons (Fsp3) is 0.571. The third-order valence-electron chi connectivity index (χ3n) is 2.65. The van der Waals surface area contributed by atoms with Crippen molar-refractivity contribution in [1.29, 1.82) is 0 Å². The van der Waals surface area contributed by atoms with Gasteiger partial charge in [0.05, 0.1) is 13.1 Å². The van der Waals surface area contributed by atoms with Crippen LogP contribution in [0.15, 0.2) is 12.3 Å². The van der Waals surface area contributed by atoms with Crippen LogP contribution < -0.4 is 21.3 Å². The maximum absolute atomic E-state index is 11.5. The van der Waals surface area contributed by atoms with Crippen molar-refractivity contribution in [2.75, 3.05) is 26.2 Å². The Morgan fingerprint density at radius 1 is 0.909 bits per heavy atom. The Morgan fingerprint density at radius 2 is 1.55 bits per heavy atom. The second-order valence-electron chi connectivity index (χ2n) is 4.56. The molecule has 0 spiro atoms. The third-order valence-corrected chi connectivity index (χ3v) is 2.65. The minimum atomic E-state index is -0.170. The second kappa shape index (κ2) is 13.6. The molecule has 0 aromatic carbocycles. The van der Waals surface area contributed by atoms with Gasteiger partial charge in [-0.05, 0) is 12.8 Å². The highest BCUT2D eigenvalue weighted by Crippen LogP contribution is 1.91. The van der Waals surface area contributed by atoms with Gasteiger partial charge in [-0.15, -0.1) is 0 Å². The minimum absolute atomic E-state index is 0.0351. The average molecular weight is 312 g/mol. The van der Waals surface area contributed by atoms with E-state index in [4.69, 9.17) is 0 Å². The molecule has 124 valence electrons. The van der Waals surface area contributed by atoms with Crippen LogP contribution in [0.3, 0.4) is 0 Å². The fourth-order valence-electron chi connectivity index (χ4n) is 1.52. The summed E-state index contributed by atoms with van der Waals surface area (Å²) >= 11 is 0. The molecule has 0 heterocycles. The topological polar surface area (TPSA) is 116 Å². The van der Waals surface area contributed by atoms with Gasteiger partial charge in [-0.25, -0.2) is 0 Å². The van der Waals surface area contributed by atoms with Gasteiger partial charge in [0.1, 0.15) is 6.29 Å². The van der Waals surface area contributed by atoms with E-state index in [0.717, 1.165) is 0 Å². The zero-order chi connectivity index (χ0) is 16.6. The van der Waals surface area contributed by atoms with Gasteiger partial charge in [0.15, 0.2) is 0 Å². The number of nitrogens with one attached hydrogen (secondary N) is 4. The van der Waals surface area contributed by atoms with E-state index in [2.05, 4.69) is 27.8 Å². The molecule has 0 saturated heterocycles. The van der Waals surface area contributed by atoms with E-state index >= 15 is 0 Å². The molecular weight excluding hydrogens is 288 g/mol. The monoisotopic (exact) mass is 312 g/mol. The number of carbonyl (C=O) groups excluding carboxylic acids is 4. The fourth-order valence-corrected chi connectivity index (χ4v) is 1.52. The first-order valence-electron chi connectivity index (χ1n) is 7.16. The summed E-state index contributed by atoms with van der Waals surface area (Å²) in [6.07, 6.45) is 3.09. The summed E-state index contributed by atoms with van der Waals surface area (Å²) in [7, 11) is 0. The lowest BCUT2D eigenvalue weighted by molar-refractivity contribution is -0.122. The molecule has 0 bridgehead atoms. The number of hydrogen-bond acceptors (Lipinski definition) is 5. The molecular formula is C14H24N4O4. The van der Waals surface area contributed by atoms with E-state index in [1.807, 2.05) is 0 Å². The molecule has 0 aliphatic rings. The molecule has 3 amide bonds. The van der Waals surface area contributed by atoms with E-state index < -0.39 is 0 Å². The van der Waals surface area contributed by atoms with Gasteiger partial charge in [0.2, 0.25) is 18.2 Å². The molecule has 4 N–H and O–H groups in total. The zero-order valence-corrected chi connectivity index (χ0v) is 12.7. The molecule has 0 atom stereocenters. The van der Waals surface area contributed by atoms with E-state index in [0.29, 0.717) is 63.7 Å². The minimum Gasteiger partial charge on any atom is -0.387 e. The molecule has 8 nitrogen and oxygen atoms in total. The van der Waals surface area contributed by atoms with Crippen LogP contribution in [0.2, 0.25) is 0 Å². The van der Waals surface area contributed by atoms with Crippen LogP contribution in [-0.4, -0.2) is 50.7 Å². The second-order valence-corrected chi connectivity index (χ2v) is 4.56. The van der Waals surface area contributed by atoms with Crippen LogP contribution in [0.4, 0.5) is 0 Å². The molecule has 22 heavy (non-hydrogen) atoms. The number of amides is 3. The molecule has 0 fully saturated rings. The van der Waals surface area contributed by atoms with Crippen molar-refractivity contribution in [1.82, 2.24) is 21.3 Å². The summed E-state index contributed by atoms with van der Waals surface area (Å²) in [5.41, 5.74) is 0.660. The van der Waals surface area contributed by atoms with Gasteiger partial charge in [-0.1, -0.05) is 6.58 Å². The first-order chi connectivity index (χ1) is 10.6. The summed E-state index contributed by atoms with van der Waals surface area (Å²) in [6.45, 7) is 5.16. The molecule has 0 rings (SSSR count). The summed E-state index contributed by atoms with van der Waals surface area (Å²) in [6, 6.07) is 0. The van der Waals surface area contributed by atoms with Crippen molar-refractivity contribution in [3.63, 3.8) is 0 Å². The van der Waals surface area contributed by atoms with Crippen LogP contribution in [0, 0.1) is 0 Å². The van der Waals surface area contributed by atoms with Crippen LogP contribution in [0.5, 0.6) is 0 Å². The van der Waals surface area contributed by atoms with E-state index in [1.165, 1.54) is 0 Å². The average Bonchev–Trinajstić information content (AvgIpc) is 2.51. The Balaban J connectivity index is 3.53. The Bertz CT molecular complexity index is 385. The SMILES string of the molecule is C=C(CNC(=O)CCCNC=O)NCCCC(=O)NCC=O. The summed E-state index contributed by atoms with van der Waals surface area (Å²) in [4.78, 5) is 42.7. The Morgan fingerprint density at radius 3 is 2.18 bits per heavy atom. The predicted octanol–water partition coefficient (Wildman–Crippen LogP) is -1.17. The van der Waals surface area contributed by atoms with Crippen molar-refractivity contribution >= 4 is 24.5 Å². The maximum Gasteiger partial charge on any atom is 0.220 e. The van der Waals surface area contributed by atoms with E-state index in [9.17, 15) is 19.2 Å². The lowest BCUT2D eigenvalue weighted by Gasteiger charge is -2.10. The molecule has 8 heteroatoms. The van der Waals surface area contributed by atoms with Gasteiger partial charge in [-0.2, -0.15) is 0 Å². The molecule has 0 aliphatic carbocycles. The smallest absolute Gasteiger partial charge is 0.220 e. The highest BCUT2D eigenvalue weighted by atomic mass is 16.2. The summed E-state index contributed by atoms with van der Waals surface area (Å²) < 4.78 is 0. The highest BCUT2D eigenvalue weighted by Gasteiger charge is 2.02. The molecule has 0 radical (unpaired) electrons. The first-order valence-corrected chi connectivity index (χ1v) is 7.16. The van der Waals surface area contributed by atoms with E-state index in [-0.39, 0.29) is 18.4 Å². The van der Waals surface area contributed by atoms with E-state index in [1.54, 1.807) is 0 Å². The van der Waals surface area contributed by atoms with Crippen LogP contribution in [0.25, 0.3) is 0 Å². The maximum atomic E-state index is 11.5. The summed E-state index contributed by atoms with van der Waals surface area (Å²) in [5.74, 6) is -0.277. The highest BCUT2D eigenvalue weighted by molar-refractivity contribution is 5.78. The van der Waals surface area contributed by atoms with Crippen molar-refractivity contribution in [2.45, 2.75) is 25.7 Å². The van der Waals surface area contributed by atoms with Gasteiger partial charge in [0.25, 0.3) is 0 Å². The third kappa shape index (κ3) is 12.6. The lowest BCUT2D eigenvalue weighted by Crippen LogP contribution is -2.31. The van der Waals surface area contributed by atoms with Crippen molar-refractivity contribution < 1.29 is 19.2 Å². The zero-order valence-electron chi connectivity index (χ0n) is 12.7. The number of carbonyl (C=O) groups is 4. The Labute approximate surface area is 130 Å². The van der Waals surface area contributed by atoms with Crippen LogP contribution >= 0.6 is 0 Å². The standard InChI is InChI=1S/C14H24N4O4/c1-12(10-18-14(22)4-2-6-15-11-20)16-7-3-5-13(21)17-8-9-19/h9,11,16H,1-8,10H2,(H,15,20)(H,17,21)(H,18,22). The van der Waals surface area contributed by atoms with Crippen LogP contribution in [0.1, 0.15) is 25.7 Å². The van der Waals surface area contributed by atoms with Crippen molar-refractivity contribution in [2.24, 2.45) is 0 Å². The lowest BCUT2D eigenvalue weighted by atomic mass is 10.2. The molecule has 0 aromatic heterocycles.